The van der Waals surface area contributed by atoms with Crippen LogP contribution in [-0.4, -0.2) is 96.7 Å². The number of ether oxygens (including phenoxy) is 4. The standard InChI is InChI=1S/C85H166O17P2/c1-6-10-13-16-19-22-24-26-28-30-32-34-36-38-40-42-44-50-55-60-65-70-84(89)101-81(75-96-83(88)69-64-59-54-49-43-41-39-37-35-33-31-29-27-25-23-20-17-14-11-7-2)77-100-104(93,94)98-73-79(86)72-97-103(91,92)99-76-80(74-95-82(87)68-63-58-53-47-21-18-15-12-8-3)102-85(90)71-66-61-56-51-46-45-48-52-57-62-67-78(5)9-4/h78-81,86H,6-77H2,1-5H3,(H,91,92)(H,93,94)/t78?,79-,80+,81+/m0/s1. The van der Waals surface area contributed by atoms with E-state index >= 15 is 0 Å². The predicted octanol–water partition coefficient (Wildman–Crippen LogP) is 26.0. The highest BCUT2D eigenvalue weighted by molar-refractivity contribution is 7.47. The minimum absolute atomic E-state index is 0.107. The molecule has 0 spiro atoms. The third-order valence-corrected chi connectivity index (χ3v) is 22.3. The fourth-order valence-corrected chi connectivity index (χ4v) is 14.8. The summed E-state index contributed by atoms with van der Waals surface area (Å²) in [5.41, 5.74) is 0. The number of unbranched alkanes of at least 4 members (excludes halogenated alkanes) is 56. The number of aliphatic hydroxyl groups excluding tert-OH is 1. The van der Waals surface area contributed by atoms with Gasteiger partial charge in [-0.2, -0.15) is 0 Å². The van der Waals surface area contributed by atoms with Crippen molar-refractivity contribution >= 4 is 39.5 Å². The molecule has 0 bridgehead atoms. The molecule has 3 N–H and O–H groups in total. The minimum Gasteiger partial charge on any atom is -0.462 e. The van der Waals surface area contributed by atoms with Crippen molar-refractivity contribution in [1.29, 1.82) is 0 Å². The van der Waals surface area contributed by atoms with Crippen LogP contribution < -0.4 is 0 Å². The Morgan fingerprint density at radius 2 is 0.462 bits per heavy atom. The quantitative estimate of drug-likeness (QED) is 0.0222. The Labute approximate surface area is 638 Å². The first-order chi connectivity index (χ1) is 50.6. The summed E-state index contributed by atoms with van der Waals surface area (Å²) >= 11 is 0. The van der Waals surface area contributed by atoms with E-state index in [2.05, 4.69) is 34.6 Å². The van der Waals surface area contributed by atoms with E-state index in [0.29, 0.717) is 25.7 Å². The first-order valence-electron chi connectivity index (χ1n) is 44.2. The fraction of sp³-hybridized carbons (Fsp3) is 0.953. The van der Waals surface area contributed by atoms with Crippen molar-refractivity contribution in [1.82, 2.24) is 0 Å². The van der Waals surface area contributed by atoms with Gasteiger partial charge in [0.1, 0.15) is 19.3 Å². The van der Waals surface area contributed by atoms with E-state index in [9.17, 15) is 43.2 Å². The van der Waals surface area contributed by atoms with Gasteiger partial charge in [-0.05, 0) is 31.6 Å². The van der Waals surface area contributed by atoms with E-state index < -0.39 is 97.5 Å². The Kier molecular flexibility index (Phi) is 76.3. The molecule has 618 valence electrons. The summed E-state index contributed by atoms with van der Waals surface area (Å²) in [4.78, 5) is 73.1. The number of aliphatic hydroxyl groups is 1. The van der Waals surface area contributed by atoms with Crippen LogP contribution in [0.1, 0.15) is 458 Å². The summed E-state index contributed by atoms with van der Waals surface area (Å²) in [5.74, 6) is -1.30. The van der Waals surface area contributed by atoms with Gasteiger partial charge in [-0.3, -0.25) is 37.3 Å². The maximum atomic E-state index is 13.1. The van der Waals surface area contributed by atoms with Crippen LogP contribution in [0.25, 0.3) is 0 Å². The molecule has 0 aliphatic heterocycles. The zero-order valence-electron chi connectivity index (χ0n) is 68.2. The molecule has 0 aromatic carbocycles. The van der Waals surface area contributed by atoms with Crippen molar-refractivity contribution in [2.45, 2.75) is 477 Å². The van der Waals surface area contributed by atoms with Gasteiger partial charge in [0.05, 0.1) is 26.4 Å². The van der Waals surface area contributed by atoms with Crippen LogP contribution >= 0.6 is 15.6 Å². The number of carbonyl (C=O) groups excluding carboxylic acids is 4. The van der Waals surface area contributed by atoms with E-state index in [0.717, 1.165) is 95.8 Å². The number of esters is 4. The largest absolute Gasteiger partial charge is 0.472 e. The lowest BCUT2D eigenvalue weighted by Gasteiger charge is -2.21. The first kappa shape index (κ1) is 102. The third-order valence-electron chi connectivity index (χ3n) is 20.4. The van der Waals surface area contributed by atoms with Crippen LogP contribution in [0.15, 0.2) is 0 Å². The molecule has 104 heavy (non-hydrogen) atoms. The van der Waals surface area contributed by atoms with Gasteiger partial charge in [0.2, 0.25) is 0 Å². The molecular weight excluding hydrogens is 1350 g/mol. The number of rotatable bonds is 85. The summed E-state index contributed by atoms with van der Waals surface area (Å²) < 4.78 is 68.8. The highest BCUT2D eigenvalue weighted by Crippen LogP contribution is 2.45. The third kappa shape index (κ3) is 76.8. The highest BCUT2D eigenvalue weighted by Gasteiger charge is 2.30. The normalized spacial score (nSPS) is 14.0. The molecule has 0 radical (unpaired) electrons. The van der Waals surface area contributed by atoms with E-state index in [1.807, 2.05) is 0 Å². The van der Waals surface area contributed by atoms with Gasteiger partial charge >= 0.3 is 39.5 Å². The van der Waals surface area contributed by atoms with E-state index in [4.69, 9.17) is 37.0 Å². The molecule has 0 aliphatic rings. The molecule has 0 saturated carbocycles. The maximum absolute atomic E-state index is 13.1. The number of phosphoric acid groups is 2. The van der Waals surface area contributed by atoms with Crippen LogP contribution in [0.4, 0.5) is 0 Å². The summed E-state index contributed by atoms with van der Waals surface area (Å²) in [7, 11) is -9.92. The Hall–Kier alpha value is -1.94. The fourth-order valence-electron chi connectivity index (χ4n) is 13.3. The van der Waals surface area contributed by atoms with Crippen molar-refractivity contribution in [2.75, 3.05) is 39.6 Å². The minimum atomic E-state index is -4.96. The first-order valence-corrected chi connectivity index (χ1v) is 47.2. The maximum Gasteiger partial charge on any atom is 0.472 e. The lowest BCUT2D eigenvalue weighted by molar-refractivity contribution is -0.161. The van der Waals surface area contributed by atoms with Crippen LogP contribution in [0.5, 0.6) is 0 Å². The molecule has 19 heteroatoms. The average Bonchev–Trinajstić information content (AvgIpc) is 0.907. The second kappa shape index (κ2) is 77.8. The van der Waals surface area contributed by atoms with E-state index in [1.54, 1.807) is 0 Å². The van der Waals surface area contributed by atoms with Gasteiger partial charge in [0, 0.05) is 25.7 Å². The van der Waals surface area contributed by atoms with Crippen LogP contribution in [0, 0.1) is 5.92 Å². The number of hydrogen-bond acceptors (Lipinski definition) is 15. The molecular formula is C85H166O17P2. The van der Waals surface area contributed by atoms with Crippen molar-refractivity contribution in [3.05, 3.63) is 0 Å². The van der Waals surface area contributed by atoms with Crippen molar-refractivity contribution in [3.8, 4) is 0 Å². The number of phosphoric ester groups is 2. The smallest absolute Gasteiger partial charge is 0.462 e. The van der Waals surface area contributed by atoms with Crippen LogP contribution in [0.2, 0.25) is 0 Å². The van der Waals surface area contributed by atoms with Gasteiger partial charge < -0.3 is 33.8 Å². The molecule has 17 nitrogen and oxygen atoms in total. The molecule has 0 fully saturated rings. The Balaban J connectivity index is 5.20. The molecule has 0 amide bonds. The summed E-state index contributed by atoms with van der Waals surface area (Å²) in [6.45, 7) is 7.36. The van der Waals surface area contributed by atoms with Gasteiger partial charge in [-0.1, -0.05) is 407 Å². The molecule has 0 rings (SSSR count). The summed E-state index contributed by atoms with van der Waals surface area (Å²) in [5, 5.41) is 10.7. The Morgan fingerprint density at radius 3 is 0.683 bits per heavy atom. The van der Waals surface area contributed by atoms with Crippen molar-refractivity contribution in [3.63, 3.8) is 0 Å². The summed E-state index contributed by atoms with van der Waals surface area (Å²) in [6, 6.07) is 0. The average molecular weight is 1520 g/mol. The van der Waals surface area contributed by atoms with Gasteiger partial charge in [-0.15, -0.1) is 0 Å². The second-order valence-corrected chi connectivity index (χ2v) is 33.7. The monoisotopic (exact) mass is 1520 g/mol. The molecule has 6 atom stereocenters. The van der Waals surface area contributed by atoms with E-state index in [-0.39, 0.29) is 25.7 Å². The predicted molar refractivity (Wildman–Crippen MR) is 428 cm³/mol. The summed E-state index contributed by atoms with van der Waals surface area (Å²) in [6.07, 6.45) is 70.9. The molecule has 3 unspecified atom stereocenters. The van der Waals surface area contributed by atoms with Gasteiger partial charge in [-0.25, -0.2) is 9.13 Å². The van der Waals surface area contributed by atoms with Crippen LogP contribution in [0.3, 0.4) is 0 Å². The van der Waals surface area contributed by atoms with Gasteiger partial charge in [0.25, 0.3) is 0 Å². The topological polar surface area (TPSA) is 237 Å². The lowest BCUT2D eigenvalue weighted by Crippen LogP contribution is -2.30. The van der Waals surface area contributed by atoms with Crippen molar-refractivity contribution in [2.24, 2.45) is 5.92 Å². The van der Waals surface area contributed by atoms with Gasteiger partial charge in [0.15, 0.2) is 12.2 Å². The highest BCUT2D eigenvalue weighted by atomic mass is 31.2. The Morgan fingerprint density at radius 1 is 0.269 bits per heavy atom. The Bertz CT molecular complexity index is 1980. The number of carbonyl (C=O) groups is 4. The van der Waals surface area contributed by atoms with Crippen molar-refractivity contribution < 1.29 is 80.2 Å². The molecule has 0 saturated heterocycles. The molecule has 0 aliphatic carbocycles. The number of hydrogen-bond donors (Lipinski definition) is 3. The zero-order chi connectivity index (χ0) is 76.2. The van der Waals surface area contributed by atoms with Crippen LogP contribution in [-0.2, 0) is 65.4 Å². The second-order valence-electron chi connectivity index (χ2n) is 30.8. The lowest BCUT2D eigenvalue weighted by atomic mass is 9.99. The van der Waals surface area contributed by atoms with E-state index in [1.165, 1.54) is 283 Å². The SMILES string of the molecule is CCCCCCCCCCCCCCCCCCCCCCCC(=O)O[C@H](COC(=O)CCCCCCCCCCCCCCCCCCCCCC)COP(=O)(O)OC[C@@H](O)COP(=O)(O)OC[C@@H](COC(=O)CCCCCCCCCCC)OC(=O)CCCCCCCCCCCCC(C)CC. The molecule has 0 heterocycles. The molecule has 0 aromatic heterocycles. The zero-order valence-corrected chi connectivity index (χ0v) is 70.0. The molecule has 0 aromatic rings.